The van der Waals surface area contributed by atoms with Crippen molar-refractivity contribution in [2.45, 2.75) is 6.04 Å². The largest absolute Gasteiger partial charge is 0.363 e. The standard InChI is InChI=1S/C16H22N4OS/c1-19(2)13(14-6-5-9-22-14)11-18-16(21)12-7-8-17-15(10-12)20(3)4/h5-10,13H,11H2,1-4H3,(H,18,21)/t13-/m1/s1. The Morgan fingerprint density at radius 2 is 2.09 bits per heavy atom. The number of hydrogen-bond acceptors (Lipinski definition) is 5. The predicted octanol–water partition coefficient (Wildman–Crippen LogP) is 2.24. The molecule has 0 fully saturated rings. The summed E-state index contributed by atoms with van der Waals surface area (Å²) in [5, 5.41) is 5.07. The van der Waals surface area contributed by atoms with Crippen LogP contribution < -0.4 is 10.2 Å². The number of likely N-dealkylation sites (N-methyl/N-ethyl adjacent to an activating group) is 1. The maximum atomic E-state index is 12.3. The summed E-state index contributed by atoms with van der Waals surface area (Å²) >= 11 is 1.70. The zero-order valence-corrected chi connectivity index (χ0v) is 14.2. The van der Waals surface area contributed by atoms with Crippen LogP contribution >= 0.6 is 11.3 Å². The number of carbonyl (C=O) groups is 1. The number of rotatable bonds is 6. The molecule has 2 aromatic rings. The topological polar surface area (TPSA) is 48.5 Å². The molecule has 1 atom stereocenters. The molecular weight excluding hydrogens is 296 g/mol. The Bertz CT molecular complexity index is 610. The van der Waals surface area contributed by atoms with Gasteiger partial charge >= 0.3 is 0 Å². The Balaban J connectivity index is 2.04. The lowest BCUT2D eigenvalue weighted by atomic mass is 10.2. The average molecular weight is 318 g/mol. The van der Waals surface area contributed by atoms with E-state index in [0.717, 1.165) is 5.82 Å². The minimum atomic E-state index is -0.0751. The van der Waals surface area contributed by atoms with Crippen molar-refractivity contribution in [2.24, 2.45) is 0 Å². The predicted molar refractivity (Wildman–Crippen MR) is 91.6 cm³/mol. The van der Waals surface area contributed by atoms with Crippen molar-refractivity contribution in [1.29, 1.82) is 0 Å². The van der Waals surface area contributed by atoms with Gasteiger partial charge in [-0.2, -0.15) is 0 Å². The number of nitrogens with zero attached hydrogens (tertiary/aromatic N) is 3. The SMILES string of the molecule is CN(C)c1cc(C(=O)NC[C@H](c2cccs2)N(C)C)ccn1. The van der Waals surface area contributed by atoms with Crippen LogP contribution in [0.4, 0.5) is 5.82 Å². The fourth-order valence-corrected chi connectivity index (χ4v) is 3.04. The van der Waals surface area contributed by atoms with E-state index in [2.05, 4.69) is 26.6 Å². The van der Waals surface area contributed by atoms with E-state index in [4.69, 9.17) is 0 Å². The van der Waals surface area contributed by atoms with Crippen molar-refractivity contribution < 1.29 is 4.79 Å². The fourth-order valence-electron chi connectivity index (χ4n) is 2.11. The minimum absolute atomic E-state index is 0.0751. The van der Waals surface area contributed by atoms with Crippen LogP contribution in [0.3, 0.4) is 0 Å². The van der Waals surface area contributed by atoms with Crippen LogP contribution in [0.25, 0.3) is 0 Å². The Hall–Kier alpha value is -1.92. The average Bonchev–Trinajstić information content (AvgIpc) is 3.01. The quantitative estimate of drug-likeness (QED) is 0.887. The monoisotopic (exact) mass is 318 g/mol. The summed E-state index contributed by atoms with van der Waals surface area (Å²) in [6.45, 7) is 0.575. The van der Waals surface area contributed by atoms with Crippen molar-refractivity contribution in [3.8, 4) is 0 Å². The molecule has 0 saturated heterocycles. The summed E-state index contributed by atoms with van der Waals surface area (Å²) < 4.78 is 0. The van der Waals surface area contributed by atoms with E-state index in [1.807, 2.05) is 39.2 Å². The Morgan fingerprint density at radius 3 is 2.68 bits per heavy atom. The van der Waals surface area contributed by atoms with Gasteiger partial charge < -0.3 is 15.1 Å². The first-order chi connectivity index (χ1) is 10.5. The molecule has 5 nitrogen and oxygen atoms in total. The van der Waals surface area contributed by atoms with E-state index < -0.39 is 0 Å². The van der Waals surface area contributed by atoms with Crippen molar-refractivity contribution in [3.63, 3.8) is 0 Å². The van der Waals surface area contributed by atoms with Gasteiger partial charge in [-0.25, -0.2) is 4.98 Å². The highest BCUT2D eigenvalue weighted by atomic mass is 32.1. The van der Waals surface area contributed by atoms with Gasteiger partial charge in [-0.3, -0.25) is 4.79 Å². The third-order valence-corrected chi connectivity index (χ3v) is 4.39. The molecule has 2 rings (SSSR count). The summed E-state index contributed by atoms with van der Waals surface area (Å²) in [6.07, 6.45) is 1.66. The first kappa shape index (κ1) is 16.5. The molecule has 0 spiro atoms. The molecule has 0 saturated carbocycles. The van der Waals surface area contributed by atoms with Crippen LogP contribution in [-0.4, -0.2) is 50.5 Å². The number of hydrogen-bond donors (Lipinski definition) is 1. The second kappa shape index (κ2) is 7.38. The molecular formula is C16H22N4OS. The molecule has 0 radical (unpaired) electrons. The molecule has 0 bridgehead atoms. The molecule has 1 N–H and O–H groups in total. The number of aromatic nitrogens is 1. The number of anilines is 1. The number of thiophene rings is 1. The molecule has 2 aromatic heterocycles. The van der Waals surface area contributed by atoms with Crippen molar-refractivity contribution >= 4 is 23.1 Å². The van der Waals surface area contributed by atoms with E-state index in [9.17, 15) is 4.79 Å². The molecule has 118 valence electrons. The van der Waals surface area contributed by atoms with Crippen molar-refractivity contribution in [1.82, 2.24) is 15.2 Å². The summed E-state index contributed by atoms with van der Waals surface area (Å²) in [6, 6.07) is 7.84. The first-order valence-corrected chi connectivity index (χ1v) is 7.98. The molecule has 0 aromatic carbocycles. The molecule has 0 aliphatic rings. The van der Waals surface area contributed by atoms with E-state index >= 15 is 0 Å². The maximum absolute atomic E-state index is 12.3. The van der Waals surface area contributed by atoms with Gasteiger partial charge in [-0.15, -0.1) is 11.3 Å². The number of amides is 1. The maximum Gasteiger partial charge on any atom is 0.251 e. The van der Waals surface area contributed by atoms with Crippen LogP contribution in [0.15, 0.2) is 35.8 Å². The molecule has 22 heavy (non-hydrogen) atoms. The first-order valence-electron chi connectivity index (χ1n) is 7.10. The highest BCUT2D eigenvalue weighted by molar-refractivity contribution is 7.10. The van der Waals surface area contributed by atoms with Gasteiger partial charge in [0, 0.05) is 37.3 Å². The summed E-state index contributed by atoms with van der Waals surface area (Å²) in [5.74, 6) is 0.698. The molecule has 1 amide bonds. The zero-order chi connectivity index (χ0) is 16.1. The lowest BCUT2D eigenvalue weighted by Gasteiger charge is -2.23. The number of pyridine rings is 1. The molecule has 0 unspecified atom stereocenters. The van der Waals surface area contributed by atoms with Gasteiger partial charge in [0.2, 0.25) is 0 Å². The summed E-state index contributed by atoms with van der Waals surface area (Å²) in [5.41, 5.74) is 0.627. The summed E-state index contributed by atoms with van der Waals surface area (Å²) in [4.78, 5) is 21.8. The van der Waals surface area contributed by atoms with Gasteiger partial charge in [-0.05, 0) is 37.7 Å². The van der Waals surface area contributed by atoms with Gasteiger partial charge in [0.1, 0.15) is 5.82 Å². The Kier molecular flexibility index (Phi) is 5.51. The second-order valence-corrected chi connectivity index (χ2v) is 6.48. The lowest BCUT2D eigenvalue weighted by Crippen LogP contribution is -2.34. The van der Waals surface area contributed by atoms with Crippen molar-refractivity contribution in [3.05, 3.63) is 46.3 Å². The van der Waals surface area contributed by atoms with Crippen LogP contribution in [-0.2, 0) is 0 Å². The Labute approximate surface area is 135 Å². The van der Waals surface area contributed by atoms with Crippen molar-refractivity contribution in [2.75, 3.05) is 39.6 Å². The molecule has 2 heterocycles. The third kappa shape index (κ3) is 4.05. The van der Waals surface area contributed by atoms with E-state index in [1.54, 1.807) is 29.7 Å². The lowest BCUT2D eigenvalue weighted by molar-refractivity contribution is 0.0942. The van der Waals surface area contributed by atoms with Crippen LogP contribution in [0, 0.1) is 0 Å². The fraction of sp³-hybridized carbons (Fsp3) is 0.375. The number of carbonyl (C=O) groups excluding carboxylic acids is 1. The minimum Gasteiger partial charge on any atom is -0.363 e. The second-order valence-electron chi connectivity index (χ2n) is 5.50. The normalized spacial score (nSPS) is 12.2. The highest BCUT2D eigenvalue weighted by Crippen LogP contribution is 2.22. The van der Waals surface area contributed by atoms with Gasteiger partial charge in [0.15, 0.2) is 0 Å². The third-order valence-electron chi connectivity index (χ3n) is 3.42. The van der Waals surface area contributed by atoms with Gasteiger partial charge in [-0.1, -0.05) is 6.07 Å². The molecule has 0 aliphatic carbocycles. The van der Waals surface area contributed by atoms with Crippen LogP contribution in [0.1, 0.15) is 21.3 Å². The number of nitrogens with one attached hydrogen (secondary N) is 1. The van der Waals surface area contributed by atoms with E-state index in [-0.39, 0.29) is 11.9 Å². The molecule has 0 aliphatic heterocycles. The van der Waals surface area contributed by atoms with Crippen LogP contribution in [0.5, 0.6) is 0 Å². The molecule has 6 heteroatoms. The van der Waals surface area contributed by atoms with E-state index in [0.29, 0.717) is 12.1 Å². The Morgan fingerprint density at radius 1 is 1.32 bits per heavy atom. The van der Waals surface area contributed by atoms with Crippen LogP contribution in [0.2, 0.25) is 0 Å². The van der Waals surface area contributed by atoms with Gasteiger partial charge in [0.05, 0.1) is 6.04 Å². The zero-order valence-electron chi connectivity index (χ0n) is 13.4. The van der Waals surface area contributed by atoms with E-state index in [1.165, 1.54) is 4.88 Å². The highest BCUT2D eigenvalue weighted by Gasteiger charge is 2.17. The summed E-state index contributed by atoms with van der Waals surface area (Å²) in [7, 11) is 7.85. The smallest absolute Gasteiger partial charge is 0.251 e. The van der Waals surface area contributed by atoms with Gasteiger partial charge in [0.25, 0.3) is 5.91 Å².